The highest BCUT2D eigenvalue weighted by molar-refractivity contribution is 5.83. The van der Waals surface area contributed by atoms with Crippen molar-refractivity contribution < 1.29 is 15.0 Å². The van der Waals surface area contributed by atoms with Crippen LogP contribution in [0.1, 0.15) is 0 Å². The van der Waals surface area contributed by atoms with Gasteiger partial charge in [-0.2, -0.15) is 0 Å². The number of aromatic nitrogens is 1. The van der Waals surface area contributed by atoms with Gasteiger partial charge >= 0.3 is 5.97 Å². The number of benzene rings is 1. The maximum absolute atomic E-state index is 10.5. The zero-order valence-corrected chi connectivity index (χ0v) is 7.34. The van der Waals surface area contributed by atoms with Crippen molar-refractivity contribution in [2.45, 2.75) is 6.54 Å². The zero-order chi connectivity index (χ0) is 10.1. The van der Waals surface area contributed by atoms with Crippen LogP contribution in [-0.4, -0.2) is 20.7 Å². The molecule has 0 saturated carbocycles. The molecule has 0 saturated heterocycles. The minimum absolute atomic E-state index is 0.0198. The summed E-state index contributed by atoms with van der Waals surface area (Å²) in [4.78, 5) is 10.5. The average molecular weight is 191 g/mol. The van der Waals surface area contributed by atoms with Crippen LogP contribution >= 0.6 is 0 Å². The van der Waals surface area contributed by atoms with Gasteiger partial charge in [0.1, 0.15) is 6.54 Å². The summed E-state index contributed by atoms with van der Waals surface area (Å²) in [5.41, 5.74) is 0.729. The van der Waals surface area contributed by atoms with E-state index < -0.39 is 5.97 Å². The fraction of sp³-hybridized carbons (Fsp3) is 0.100. The molecule has 1 aromatic carbocycles. The third kappa shape index (κ3) is 1.31. The Bertz CT molecular complexity index is 487. The van der Waals surface area contributed by atoms with Crippen molar-refractivity contribution in [1.82, 2.24) is 4.57 Å². The number of carboxylic acid groups (broad SMARTS) is 1. The molecule has 0 radical (unpaired) electrons. The number of aliphatic carboxylic acids is 1. The molecule has 0 atom stereocenters. The van der Waals surface area contributed by atoms with Crippen LogP contribution in [-0.2, 0) is 11.3 Å². The molecule has 0 unspecified atom stereocenters. The van der Waals surface area contributed by atoms with Crippen LogP contribution in [0.25, 0.3) is 10.9 Å². The van der Waals surface area contributed by atoms with E-state index in [2.05, 4.69) is 0 Å². The molecular weight excluding hydrogens is 182 g/mol. The maximum Gasteiger partial charge on any atom is 0.323 e. The van der Waals surface area contributed by atoms with Gasteiger partial charge in [0, 0.05) is 11.5 Å². The predicted molar refractivity (Wildman–Crippen MR) is 51.2 cm³/mol. The highest BCUT2D eigenvalue weighted by Gasteiger charge is 2.09. The van der Waals surface area contributed by atoms with Gasteiger partial charge in [-0.25, -0.2) is 0 Å². The molecule has 1 heterocycles. The highest BCUT2D eigenvalue weighted by atomic mass is 16.4. The van der Waals surface area contributed by atoms with Crippen LogP contribution in [0.2, 0.25) is 0 Å². The number of carboxylic acids is 1. The Labute approximate surface area is 80.0 Å². The summed E-state index contributed by atoms with van der Waals surface area (Å²) >= 11 is 0. The third-order valence-corrected chi connectivity index (χ3v) is 2.08. The monoisotopic (exact) mass is 191 g/mol. The lowest BCUT2D eigenvalue weighted by atomic mass is 10.2. The number of rotatable bonds is 2. The standard InChI is InChI=1S/C10H9NO3/c12-9-5-7-3-1-2-4-8(7)11(9)6-10(13)14/h1-5,12H,6H2,(H,13,14). The summed E-state index contributed by atoms with van der Waals surface area (Å²) in [7, 11) is 0. The zero-order valence-electron chi connectivity index (χ0n) is 7.34. The summed E-state index contributed by atoms with van der Waals surface area (Å²) in [5.74, 6) is -0.991. The van der Waals surface area contributed by atoms with Gasteiger partial charge in [-0.1, -0.05) is 18.2 Å². The first-order valence-electron chi connectivity index (χ1n) is 4.17. The SMILES string of the molecule is O=C(O)Cn1c(O)cc2ccccc21. The van der Waals surface area contributed by atoms with Crippen LogP contribution in [0.4, 0.5) is 0 Å². The molecule has 0 aliphatic rings. The lowest BCUT2D eigenvalue weighted by molar-refractivity contribution is -0.137. The Hall–Kier alpha value is -1.97. The molecule has 0 aliphatic heterocycles. The minimum atomic E-state index is -0.971. The predicted octanol–water partition coefficient (Wildman–Crippen LogP) is 1.43. The number of carbonyl (C=O) groups is 1. The largest absolute Gasteiger partial charge is 0.494 e. The van der Waals surface area contributed by atoms with Crippen molar-refractivity contribution in [3.05, 3.63) is 30.3 Å². The van der Waals surface area contributed by atoms with Crippen LogP contribution in [0.3, 0.4) is 0 Å². The van der Waals surface area contributed by atoms with E-state index in [1.54, 1.807) is 18.2 Å². The van der Waals surface area contributed by atoms with E-state index in [0.29, 0.717) is 0 Å². The second-order valence-electron chi connectivity index (χ2n) is 3.04. The quantitative estimate of drug-likeness (QED) is 0.754. The Morgan fingerprint density at radius 3 is 2.79 bits per heavy atom. The first-order valence-corrected chi connectivity index (χ1v) is 4.17. The van der Waals surface area contributed by atoms with Gasteiger partial charge in [0.15, 0.2) is 5.88 Å². The molecule has 0 spiro atoms. The topological polar surface area (TPSA) is 62.5 Å². The summed E-state index contributed by atoms with van der Waals surface area (Å²) in [6.45, 7) is -0.223. The maximum atomic E-state index is 10.5. The fourth-order valence-corrected chi connectivity index (χ4v) is 1.50. The minimum Gasteiger partial charge on any atom is -0.494 e. The van der Waals surface area contributed by atoms with E-state index in [0.717, 1.165) is 10.9 Å². The summed E-state index contributed by atoms with van der Waals surface area (Å²) < 4.78 is 1.36. The Balaban J connectivity index is 2.62. The van der Waals surface area contributed by atoms with Gasteiger partial charge in [-0.15, -0.1) is 0 Å². The smallest absolute Gasteiger partial charge is 0.323 e. The van der Waals surface area contributed by atoms with Crippen molar-refractivity contribution in [1.29, 1.82) is 0 Å². The van der Waals surface area contributed by atoms with Crippen molar-refractivity contribution in [2.24, 2.45) is 0 Å². The van der Waals surface area contributed by atoms with E-state index in [9.17, 15) is 9.90 Å². The molecule has 2 N–H and O–H groups in total. The van der Waals surface area contributed by atoms with Crippen molar-refractivity contribution in [3.8, 4) is 5.88 Å². The second kappa shape index (κ2) is 3.06. The van der Waals surface area contributed by atoms with Gasteiger partial charge in [-0.3, -0.25) is 4.79 Å². The van der Waals surface area contributed by atoms with E-state index in [1.807, 2.05) is 12.1 Å². The van der Waals surface area contributed by atoms with Crippen molar-refractivity contribution in [3.63, 3.8) is 0 Å². The second-order valence-corrected chi connectivity index (χ2v) is 3.04. The summed E-state index contributed by atoms with van der Waals surface area (Å²) in [6.07, 6.45) is 0. The number of hydrogen-bond acceptors (Lipinski definition) is 2. The normalized spacial score (nSPS) is 10.6. The molecule has 72 valence electrons. The third-order valence-electron chi connectivity index (χ3n) is 2.08. The number of nitrogens with zero attached hydrogens (tertiary/aromatic N) is 1. The highest BCUT2D eigenvalue weighted by Crippen LogP contribution is 2.23. The number of hydrogen-bond donors (Lipinski definition) is 2. The van der Waals surface area contributed by atoms with Crippen LogP contribution in [0.15, 0.2) is 30.3 Å². The average Bonchev–Trinajstić information content (AvgIpc) is 2.43. The number of fused-ring (bicyclic) bond motifs is 1. The molecule has 4 nitrogen and oxygen atoms in total. The Morgan fingerprint density at radius 2 is 2.07 bits per heavy atom. The molecule has 1 aromatic heterocycles. The molecule has 2 aromatic rings. The van der Waals surface area contributed by atoms with Gasteiger partial charge in [0.2, 0.25) is 0 Å². The first-order chi connectivity index (χ1) is 6.68. The molecule has 2 rings (SSSR count). The van der Waals surface area contributed by atoms with Gasteiger partial charge in [-0.05, 0) is 6.07 Å². The van der Waals surface area contributed by atoms with E-state index in [4.69, 9.17) is 5.11 Å². The van der Waals surface area contributed by atoms with Crippen molar-refractivity contribution >= 4 is 16.9 Å². The van der Waals surface area contributed by atoms with Crippen LogP contribution in [0, 0.1) is 0 Å². The molecule has 0 fully saturated rings. The molecule has 0 aliphatic carbocycles. The van der Waals surface area contributed by atoms with Crippen LogP contribution in [0.5, 0.6) is 5.88 Å². The molecule has 4 heteroatoms. The summed E-state index contributed by atoms with van der Waals surface area (Å²) in [5, 5.41) is 19.0. The molecular formula is C10H9NO3. The molecule has 0 amide bonds. The van der Waals surface area contributed by atoms with Crippen LogP contribution < -0.4 is 0 Å². The fourth-order valence-electron chi connectivity index (χ4n) is 1.50. The summed E-state index contributed by atoms with van der Waals surface area (Å²) in [6, 6.07) is 8.80. The Morgan fingerprint density at radius 1 is 1.36 bits per heavy atom. The molecule has 14 heavy (non-hydrogen) atoms. The molecule has 0 bridgehead atoms. The van der Waals surface area contributed by atoms with E-state index >= 15 is 0 Å². The first kappa shape index (κ1) is 8.62. The van der Waals surface area contributed by atoms with E-state index in [-0.39, 0.29) is 12.4 Å². The van der Waals surface area contributed by atoms with Gasteiger partial charge in [0.25, 0.3) is 0 Å². The Kier molecular flexibility index (Phi) is 1.89. The van der Waals surface area contributed by atoms with Gasteiger partial charge < -0.3 is 14.8 Å². The number of aromatic hydroxyl groups is 1. The lowest BCUT2D eigenvalue weighted by Crippen LogP contribution is -2.07. The lowest BCUT2D eigenvalue weighted by Gasteiger charge is -2.02. The van der Waals surface area contributed by atoms with Crippen molar-refractivity contribution in [2.75, 3.05) is 0 Å². The van der Waals surface area contributed by atoms with Gasteiger partial charge in [0.05, 0.1) is 5.52 Å². The van der Waals surface area contributed by atoms with E-state index in [1.165, 1.54) is 4.57 Å². The number of para-hydroxylation sites is 1.